The highest BCUT2D eigenvalue weighted by molar-refractivity contribution is 7.46. The molecule has 37 heavy (non-hydrogen) atoms. The van der Waals surface area contributed by atoms with Crippen molar-refractivity contribution in [2.75, 3.05) is 19.5 Å². The van der Waals surface area contributed by atoms with E-state index in [0.29, 0.717) is 11.9 Å². The molecule has 0 radical (unpaired) electrons. The second kappa shape index (κ2) is 11.9. The highest BCUT2D eigenvalue weighted by Crippen LogP contribution is 2.38. The molecule has 0 saturated carbocycles. The minimum atomic E-state index is -4.72. The predicted octanol–water partition coefficient (Wildman–Crippen LogP) is -1.43. The van der Waals surface area contributed by atoms with Crippen LogP contribution in [0.15, 0.2) is 36.9 Å². The average molecular weight is 542 g/mol. The number of aromatic nitrogens is 4. The Hall–Kier alpha value is -3.21. The second-order valence-electron chi connectivity index (χ2n) is 7.92. The standard InChI is InChI=1S/C10H14N5O7P.C10H13NO3/c11-8-5-9(13-2-12-8)15(3-14-5)10-7(17)6(16)4(22-10)1-21-23(18,19)20;1-14-10(13)9(11)6-7-2-4-8(12)5-3-7/h2-4,6-7,10,16-17H,1H2,(H2,11,12,13)(H2,18,19,20);2-5,9,12H,6,11H2,1H3/t4-,6-,7-,10-;/m1./s1. The molecule has 1 aliphatic rings. The summed E-state index contributed by atoms with van der Waals surface area (Å²) in [6.45, 7) is -0.594. The molecule has 0 amide bonds. The van der Waals surface area contributed by atoms with Crippen LogP contribution in [-0.4, -0.2) is 88.7 Å². The number of esters is 1. The van der Waals surface area contributed by atoms with Crippen molar-refractivity contribution in [3.8, 4) is 5.75 Å². The predicted molar refractivity (Wildman–Crippen MR) is 125 cm³/mol. The third kappa shape index (κ3) is 7.18. The van der Waals surface area contributed by atoms with E-state index in [0.717, 1.165) is 5.56 Å². The number of carbonyl (C=O) groups excluding carboxylic acids is 1. The zero-order valence-corrected chi connectivity index (χ0v) is 20.3. The molecule has 9 N–H and O–H groups in total. The number of imidazole rings is 1. The number of benzene rings is 1. The summed E-state index contributed by atoms with van der Waals surface area (Å²) in [5, 5.41) is 29.1. The molecule has 16 nitrogen and oxygen atoms in total. The molecule has 3 aromatic rings. The Kier molecular flexibility index (Phi) is 9.12. The van der Waals surface area contributed by atoms with Crippen molar-refractivity contribution in [1.82, 2.24) is 19.5 Å². The number of carbonyl (C=O) groups is 1. The number of phenolic OH excluding ortho intramolecular Hbond substituents is 1. The number of phosphoric ester groups is 1. The van der Waals surface area contributed by atoms with Gasteiger partial charge in [0.05, 0.1) is 20.0 Å². The largest absolute Gasteiger partial charge is 0.508 e. The van der Waals surface area contributed by atoms with Gasteiger partial charge in [-0.15, -0.1) is 0 Å². The van der Waals surface area contributed by atoms with E-state index in [1.165, 1.54) is 24.3 Å². The fraction of sp³-hybridized carbons (Fsp3) is 0.400. The van der Waals surface area contributed by atoms with Crippen molar-refractivity contribution in [2.45, 2.75) is 37.0 Å². The maximum Gasteiger partial charge on any atom is 0.469 e. The molecular formula is C20H27N6O10P. The highest BCUT2D eigenvalue weighted by Gasteiger charge is 2.45. The number of anilines is 1. The lowest BCUT2D eigenvalue weighted by Crippen LogP contribution is -2.33. The van der Waals surface area contributed by atoms with Crippen molar-refractivity contribution in [3.63, 3.8) is 0 Å². The Morgan fingerprint density at radius 2 is 1.86 bits per heavy atom. The van der Waals surface area contributed by atoms with Crippen LogP contribution < -0.4 is 11.5 Å². The molecule has 1 unspecified atom stereocenters. The van der Waals surface area contributed by atoms with Gasteiger partial charge in [-0.05, 0) is 24.1 Å². The number of nitrogen functional groups attached to an aromatic ring is 1. The second-order valence-corrected chi connectivity index (χ2v) is 9.16. The summed E-state index contributed by atoms with van der Waals surface area (Å²) in [7, 11) is -3.41. The number of nitrogens with two attached hydrogens (primary N) is 2. The molecule has 202 valence electrons. The fourth-order valence-electron chi connectivity index (χ4n) is 3.44. The van der Waals surface area contributed by atoms with Crippen LogP contribution in [0.3, 0.4) is 0 Å². The number of aromatic hydroxyl groups is 1. The van der Waals surface area contributed by atoms with E-state index in [9.17, 15) is 19.6 Å². The van der Waals surface area contributed by atoms with Crippen LogP contribution in [0.5, 0.6) is 5.75 Å². The van der Waals surface area contributed by atoms with Gasteiger partial charge in [0.2, 0.25) is 0 Å². The van der Waals surface area contributed by atoms with Gasteiger partial charge >= 0.3 is 13.8 Å². The minimum Gasteiger partial charge on any atom is -0.508 e. The number of aliphatic hydroxyl groups excluding tert-OH is 2. The molecule has 3 heterocycles. The van der Waals surface area contributed by atoms with E-state index in [-0.39, 0.29) is 17.2 Å². The van der Waals surface area contributed by atoms with Crippen LogP contribution in [0.25, 0.3) is 11.2 Å². The Morgan fingerprint density at radius 1 is 1.19 bits per heavy atom. The number of aliphatic hydroxyl groups is 2. The third-order valence-corrected chi connectivity index (χ3v) is 5.79. The topological polar surface area (TPSA) is 259 Å². The first-order valence-corrected chi connectivity index (χ1v) is 12.2. The molecule has 0 bridgehead atoms. The number of fused-ring (bicyclic) bond motifs is 1. The summed E-state index contributed by atoms with van der Waals surface area (Å²) >= 11 is 0. The van der Waals surface area contributed by atoms with E-state index in [2.05, 4.69) is 24.2 Å². The minimum absolute atomic E-state index is 0.142. The maximum absolute atomic E-state index is 11.0. The maximum atomic E-state index is 11.0. The van der Waals surface area contributed by atoms with Crippen molar-refractivity contribution >= 4 is 30.8 Å². The number of phosphoric acid groups is 1. The number of hydrogen-bond acceptors (Lipinski definition) is 13. The first-order chi connectivity index (χ1) is 17.4. The lowest BCUT2D eigenvalue weighted by molar-refractivity contribution is -0.142. The number of phenols is 1. The van der Waals surface area contributed by atoms with Crippen molar-refractivity contribution in [3.05, 3.63) is 42.5 Å². The molecule has 1 fully saturated rings. The number of hydrogen-bond donors (Lipinski definition) is 7. The summed E-state index contributed by atoms with van der Waals surface area (Å²) < 4.78 is 26.3. The van der Waals surface area contributed by atoms with Gasteiger partial charge in [0, 0.05) is 0 Å². The SMILES string of the molecule is COC(=O)C(N)Cc1ccc(O)cc1.Nc1ncnc2c1ncn2[C@@H]1O[C@H](COP(=O)(O)O)[C@@H](O)[C@H]1O. The molecule has 4 rings (SSSR count). The van der Waals surface area contributed by atoms with Crippen LogP contribution in [0, 0.1) is 0 Å². The zero-order valence-electron chi connectivity index (χ0n) is 19.4. The molecule has 5 atom stereocenters. The molecule has 0 spiro atoms. The van der Waals surface area contributed by atoms with Crippen LogP contribution in [0.4, 0.5) is 5.82 Å². The molecule has 17 heteroatoms. The van der Waals surface area contributed by atoms with E-state index in [1.54, 1.807) is 24.3 Å². The van der Waals surface area contributed by atoms with Crippen LogP contribution in [-0.2, 0) is 29.8 Å². The first kappa shape index (κ1) is 28.4. The van der Waals surface area contributed by atoms with Crippen molar-refractivity contribution < 1.29 is 48.5 Å². The number of nitrogens with zero attached hydrogens (tertiary/aromatic N) is 4. The van der Waals surface area contributed by atoms with Gasteiger partial charge in [-0.1, -0.05) is 12.1 Å². The van der Waals surface area contributed by atoms with Crippen LogP contribution >= 0.6 is 7.82 Å². The Balaban J connectivity index is 0.000000233. The van der Waals surface area contributed by atoms with Crippen molar-refractivity contribution in [1.29, 1.82) is 0 Å². The average Bonchev–Trinajstić information content (AvgIpc) is 3.40. The van der Waals surface area contributed by atoms with Gasteiger partial charge in [0.15, 0.2) is 17.7 Å². The quantitative estimate of drug-likeness (QED) is 0.133. The number of ether oxygens (including phenoxy) is 2. The lowest BCUT2D eigenvalue weighted by Gasteiger charge is -2.16. The van der Waals surface area contributed by atoms with Crippen LogP contribution in [0.2, 0.25) is 0 Å². The van der Waals surface area contributed by atoms with Crippen molar-refractivity contribution in [2.24, 2.45) is 5.73 Å². The fourth-order valence-corrected chi connectivity index (χ4v) is 3.79. The molecule has 1 saturated heterocycles. The summed E-state index contributed by atoms with van der Waals surface area (Å²) in [5.74, 6) is -0.0957. The monoisotopic (exact) mass is 542 g/mol. The van der Waals surface area contributed by atoms with Gasteiger partial charge < -0.3 is 46.0 Å². The molecule has 1 aromatic carbocycles. The van der Waals surface area contributed by atoms with E-state index in [4.69, 9.17) is 31.1 Å². The molecule has 2 aromatic heterocycles. The molecule has 1 aliphatic heterocycles. The normalized spacial score (nSPS) is 22.3. The Labute approximate surface area is 209 Å². The lowest BCUT2D eigenvalue weighted by atomic mass is 10.1. The highest BCUT2D eigenvalue weighted by atomic mass is 31.2. The van der Waals surface area contributed by atoms with Crippen LogP contribution in [0.1, 0.15) is 11.8 Å². The zero-order chi connectivity index (χ0) is 27.3. The van der Waals surface area contributed by atoms with E-state index >= 15 is 0 Å². The van der Waals surface area contributed by atoms with Gasteiger partial charge in [0.1, 0.15) is 41.9 Å². The Morgan fingerprint density at radius 3 is 2.49 bits per heavy atom. The molecule has 0 aliphatic carbocycles. The first-order valence-electron chi connectivity index (χ1n) is 10.7. The van der Waals surface area contributed by atoms with Gasteiger partial charge in [-0.3, -0.25) is 13.9 Å². The van der Waals surface area contributed by atoms with Gasteiger partial charge in [0.25, 0.3) is 0 Å². The summed E-state index contributed by atoms with van der Waals surface area (Å²) in [4.78, 5) is 40.2. The number of rotatable bonds is 7. The summed E-state index contributed by atoms with van der Waals surface area (Å²) in [5.41, 5.74) is 12.7. The molecular weight excluding hydrogens is 515 g/mol. The Bertz CT molecular complexity index is 1250. The number of methoxy groups -OCH3 is 1. The summed E-state index contributed by atoms with van der Waals surface area (Å²) in [6, 6.07) is 5.90. The third-order valence-electron chi connectivity index (χ3n) is 5.30. The van der Waals surface area contributed by atoms with Gasteiger partial charge in [-0.2, -0.15) is 0 Å². The van der Waals surface area contributed by atoms with E-state index < -0.39 is 51.0 Å². The smallest absolute Gasteiger partial charge is 0.469 e. The summed E-state index contributed by atoms with van der Waals surface area (Å²) in [6.07, 6.45) is -2.08. The van der Waals surface area contributed by atoms with E-state index in [1.807, 2.05) is 0 Å². The van der Waals surface area contributed by atoms with Gasteiger partial charge in [-0.25, -0.2) is 19.5 Å².